The van der Waals surface area contributed by atoms with Crippen LogP contribution < -0.4 is 0 Å². The normalized spacial score (nSPS) is 13.0. The molecule has 0 aromatic carbocycles. The SMILES string of the molecule is CCCCCCC/C=C\C/C=C\CCCCCCCCCCCCCCCCCCCCCCCCCCCC(=O)OC(COC(=O)CCCCCCCCCCCCCCCCCCCCCCCCCCCCCCCCCCCCCCCC)COP(=O)(O)OCC[N+](C)(C)C. The van der Waals surface area contributed by atoms with Crippen LogP contribution in [0, 0.1) is 0 Å². The number of unbranched alkanes of at least 4 members (excludes halogenated alkanes) is 67. The lowest BCUT2D eigenvalue weighted by molar-refractivity contribution is -0.870. The summed E-state index contributed by atoms with van der Waals surface area (Å²) in [5.74, 6) is -0.765. The topological polar surface area (TPSA) is 108 Å². The van der Waals surface area contributed by atoms with Crippen molar-refractivity contribution in [2.45, 2.75) is 489 Å². The van der Waals surface area contributed by atoms with Crippen molar-refractivity contribution in [2.75, 3.05) is 47.5 Å². The fourth-order valence-corrected chi connectivity index (χ4v) is 14.7. The molecule has 0 radical (unpaired) electrons. The van der Waals surface area contributed by atoms with Gasteiger partial charge in [-0.2, -0.15) is 0 Å². The van der Waals surface area contributed by atoms with E-state index in [2.05, 4.69) is 38.2 Å². The number of carbonyl (C=O) groups excluding carboxylic acids is 2. The van der Waals surface area contributed by atoms with Crippen molar-refractivity contribution >= 4 is 19.8 Å². The van der Waals surface area contributed by atoms with E-state index in [0.717, 1.165) is 44.9 Å². The molecule has 0 aliphatic carbocycles. The van der Waals surface area contributed by atoms with E-state index in [9.17, 15) is 19.0 Å². The van der Waals surface area contributed by atoms with Gasteiger partial charge in [0.25, 0.3) is 0 Å². The monoisotopic (exact) mass is 1420 g/mol. The highest BCUT2D eigenvalue weighted by Crippen LogP contribution is 2.43. The van der Waals surface area contributed by atoms with Crippen LogP contribution in [0.25, 0.3) is 0 Å². The Hall–Kier alpha value is -1.51. The average Bonchev–Trinajstić information content (AvgIpc) is 0.999. The Morgan fingerprint density at radius 3 is 0.798 bits per heavy atom. The molecule has 0 aromatic rings. The fourth-order valence-electron chi connectivity index (χ4n) is 13.9. The molecule has 0 aliphatic rings. The summed E-state index contributed by atoms with van der Waals surface area (Å²) in [5, 5.41) is 0. The molecule has 0 saturated heterocycles. The summed E-state index contributed by atoms with van der Waals surface area (Å²) in [5.41, 5.74) is 0. The Morgan fingerprint density at radius 1 is 0.313 bits per heavy atom. The first-order valence-corrected chi connectivity index (χ1v) is 46.1. The number of hydrogen-bond donors (Lipinski definition) is 1. The van der Waals surface area contributed by atoms with E-state index in [1.54, 1.807) is 0 Å². The second-order valence-electron chi connectivity index (χ2n) is 32.0. The van der Waals surface area contributed by atoms with E-state index in [1.807, 2.05) is 21.1 Å². The molecule has 0 saturated carbocycles. The third-order valence-corrected chi connectivity index (χ3v) is 21.7. The summed E-state index contributed by atoms with van der Waals surface area (Å²) in [7, 11) is 1.51. The number of allylic oxidation sites excluding steroid dienone is 4. The number of ether oxygens (including phenoxy) is 2. The predicted molar refractivity (Wildman–Crippen MR) is 432 cm³/mol. The highest BCUT2D eigenvalue weighted by atomic mass is 31.2. The van der Waals surface area contributed by atoms with Gasteiger partial charge in [0, 0.05) is 12.8 Å². The molecule has 9 nitrogen and oxygen atoms in total. The first kappa shape index (κ1) is 97.5. The zero-order valence-electron chi connectivity index (χ0n) is 67.5. The molecule has 1 N–H and O–H groups in total. The number of quaternary nitrogens is 1. The van der Waals surface area contributed by atoms with Crippen molar-refractivity contribution < 1.29 is 42.1 Å². The van der Waals surface area contributed by atoms with Crippen LogP contribution in [0.15, 0.2) is 24.3 Å². The van der Waals surface area contributed by atoms with Crippen LogP contribution in [-0.4, -0.2) is 74.9 Å². The lowest BCUT2D eigenvalue weighted by Gasteiger charge is -2.24. The summed E-state index contributed by atoms with van der Waals surface area (Å²) in [6, 6.07) is 0. The van der Waals surface area contributed by atoms with Crippen molar-refractivity contribution in [2.24, 2.45) is 0 Å². The fraction of sp³-hybridized carbons (Fsp3) is 0.933. The molecule has 10 heteroatoms. The van der Waals surface area contributed by atoms with Gasteiger partial charge in [0.15, 0.2) is 6.10 Å². The highest BCUT2D eigenvalue weighted by molar-refractivity contribution is 7.47. The zero-order chi connectivity index (χ0) is 71.8. The molecule has 0 aliphatic heterocycles. The van der Waals surface area contributed by atoms with Crippen LogP contribution in [0.1, 0.15) is 483 Å². The molecule has 0 rings (SSSR count). The Labute approximate surface area is 619 Å². The molecule has 0 spiro atoms. The number of nitrogens with zero attached hydrogens (tertiary/aromatic N) is 1. The van der Waals surface area contributed by atoms with Crippen molar-refractivity contribution in [3.63, 3.8) is 0 Å². The molecule has 0 aromatic heterocycles. The minimum Gasteiger partial charge on any atom is -0.462 e. The van der Waals surface area contributed by atoms with Gasteiger partial charge in [0.1, 0.15) is 19.8 Å². The van der Waals surface area contributed by atoms with E-state index in [4.69, 9.17) is 18.5 Å². The Balaban J connectivity index is 3.83. The number of hydrogen-bond acceptors (Lipinski definition) is 7. The summed E-state index contributed by atoms with van der Waals surface area (Å²) in [6.45, 7) is 4.53. The van der Waals surface area contributed by atoms with Gasteiger partial charge in [-0.3, -0.25) is 18.6 Å². The molecular formula is C89H175NO8P+. The minimum atomic E-state index is -4.39. The van der Waals surface area contributed by atoms with E-state index in [0.29, 0.717) is 17.4 Å². The largest absolute Gasteiger partial charge is 0.472 e. The number of phosphoric ester groups is 1. The minimum absolute atomic E-state index is 0.0366. The summed E-state index contributed by atoms with van der Waals surface area (Å²) in [4.78, 5) is 36.1. The maximum Gasteiger partial charge on any atom is 0.472 e. The Bertz CT molecular complexity index is 1720. The van der Waals surface area contributed by atoms with Crippen molar-refractivity contribution in [3.05, 3.63) is 24.3 Å². The second kappa shape index (κ2) is 80.6. The van der Waals surface area contributed by atoms with Gasteiger partial charge in [0.05, 0.1) is 27.7 Å². The van der Waals surface area contributed by atoms with Gasteiger partial charge in [0.2, 0.25) is 0 Å². The number of carbonyl (C=O) groups is 2. The molecule has 99 heavy (non-hydrogen) atoms. The van der Waals surface area contributed by atoms with Gasteiger partial charge in [-0.25, -0.2) is 4.57 Å². The molecule has 0 fully saturated rings. The van der Waals surface area contributed by atoms with Crippen LogP contribution in [-0.2, 0) is 32.7 Å². The number of rotatable bonds is 85. The van der Waals surface area contributed by atoms with E-state index in [-0.39, 0.29) is 25.6 Å². The first-order chi connectivity index (χ1) is 48.5. The number of esters is 2. The highest BCUT2D eigenvalue weighted by Gasteiger charge is 2.27. The van der Waals surface area contributed by atoms with E-state index in [1.165, 1.54) is 411 Å². The van der Waals surface area contributed by atoms with Crippen molar-refractivity contribution in [1.82, 2.24) is 0 Å². The van der Waals surface area contributed by atoms with Gasteiger partial charge in [-0.15, -0.1) is 0 Å². The molecule has 588 valence electrons. The Morgan fingerprint density at radius 2 is 0.545 bits per heavy atom. The molecule has 0 heterocycles. The first-order valence-electron chi connectivity index (χ1n) is 44.6. The summed E-state index contributed by atoms with van der Waals surface area (Å²) < 4.78 is 34.9. The maximum atomic E-state index is 12.9. The third kappa shape index (κ3) is 85.3. The van der Waals surface area contributed by atoms with E-state index >= 15 is 0 Å². The Kier molecular flexibility index (Phi) is 79.4. The predicted octanol–water partition coefficient (Wildman–Crippen LogP) is 29.9. The summed E-state index contributed by atoms with van der Waals surface area (Å²) >= 11 is 0. The smallest absolute Gasteiger partial charge is 0.462 e. The second-order valence-corrected chi connectivity index (χ2v) is 33.5. The van der Waals surface area contributed by atoms with E-state index < -0.39 is 26.5 Å². The van der Waals surface area contributed by atoms with Crippen molar-refractivity contribution in [3.8, 4) is 0 Å². The number of phosphoric acid groups is 1. The van der Waals surface area contributed by atoms with Crippen LogP contribution in [0.5, 0.6) is 0 Å². The molecule has 0 bridgehead atoms. The zero-order valence-corrected chi connectivity index (χ0v) is 68.4. The maximum absolute atomic E-state index is 12.9. The lowest BCUT2D eigenvalue weighted by atomic mass is 10.0. The van der Waals surface area contributed by atoms with Crippen LogP contribution >= 0.6 is 7.82 Å². The lowest BCUT2D eigenvalue weighted by Crippen LogP contribution is -2.37. The van der Waals surface area contributed by atoms with Crippen LogP contribution in [0.3, 0.4) is 0 Å². The average molecular weight is 1420 g/mol. The van der Waals surface area contributed by atoms with Crippen LogP contribution in [0.4, 0.5) is 0 Å². The molecule has 2 atom stereocenters. The van der Waals surface area contributed by atoms with Gasteiger partial charge in [-0.05, 0) is 44.9 Å². The number of likely N-dealkylation sites (N-methyl/N-ethyl adjacent to an activating group) is 1. The molecule has 0 amide bonds. The molecular weight excluding hydrogens is 1240 g/mol. The standard InChI is InChI=1S/C89H174NO8P/c1-6-8-10-12-14-16-18-20-22-24-26-28-30-32-34-36-38-40-42-44-46-47-49-51-53-55-57-59-61-63-65-67-69-71-73-75-77-79-81-88(91)95-85-87(86-97-99(93,94)96-84-83-90(3,4)5)98-89(92)82-80-78-76-74-72-70-68-66-64-62-60-58-56-54-52-50-48-45-43-41-39-37-35-33-31-29-27-25-23-21-19-17-15-13-11-9-7-2/h19,21,25,27,87H,6-18,20,22-24,26,28-86H2,1-5H3/p+1/b21-19-,27-25-. The molecule has 2 unspecified atom stereocenters. The third-order valence-electron chi connectivity index (χ3n) is 20.7. The summed E-state index contributed by atoms with van der Waals surface area (Å²) in [6.07, 6.45) is 105. The van der Waals surface area contributed by atoms with Gasteiger partial charge in [-0.1, -0.05) is 449 Å². The van der Waals surface area contributed by atoms with Gasteiger partial charge < -0.3 is 18.9 Å². The quantitative estimate of drug-likeness (QED) is 0.0211. The van der Waals surface area contributed by atoms with Crippen molar-refractivity contribution in [1.29, 1.82) is 0 Å². The van der Waals surface area contributed by atoms with Gasteiger partial charge >= 0.3 is 19.8 Å². The van der Waals surface area contributed by atoms with Crippen LogP contribution in [0.2, 0.25) is 0 Å².